The number of hydrogen-bond donors (Lipinski definition) is 1. The number of alkyl halides is 1. The van der Waals surface area contributed by atoms with Crippen LogP contribution in [0.2, 0.25) is 0 Å². The van der Waals surface area contributed by atoms with Gasteiger partial charge in [0.05, 0.1) is 0 Å². The number of ether oxygens (including phenoxy) is 1. The number of para-hydroxylation sites is 1. The van der Waals surface area contributed by atoms with Crippen molar-refractivity contribution in [1.29, 1.82) is 0 Å². The van der Waals surface area contributed by atoms with Crippen LogP contribution in [0.5, 0.6) is 5.75 Å². The Balaban J connectivity index is 0.00000576. The molecule has 146 valence electrons. The van der Waals surface area contributed by atoms with Gasteiger partial charge < -0.3 is 10.9 Å². The fourth-order valence-corrected chi connectivity index (χ4v) is 3.64. The highest BCUT2D eigenvalue weighted by Gasteiger charge is 2.43. The van der Waals surface area contributed by atoms with E-state index in [9.17, 15) is 0 Å². The molecule has 0 aromatic heterocycles. The van der Waals surface area contributed by atoms with Gasteiger partial charge in [0.25, 0.3) is 0 Å². The minimum absolute atomic E-state index is 0. The van der Waals surface area contributed by atoms with Gasteiger partial charge in [-0.15, -0.1) is 0 Å². The van der Waals surface area contributed by atoms with E-state index >= 15 is 0 Å². The molecule has 0 radical (unpaired) electrons. The van der Waals surface area contributed by atoms with Crippen molar-refractivity contribution in [2.24, 2.45) is 5.41 Å². The summed E-state index contributed by atoms with van der Waals surface area (Å²) in [5, 5.41) is 0. The van der Waals surface area contributed by atoms with Crippen molar-refractivity contribution >= 4 is 15.9 Å². The Bertz CT molecular complexity index is 435. The quantitative estimate of drug-likeness (QED) is 0.261. The first-order valence-corrected chi connectivity index (χ1v) is 10.7. The average Bonchev–Trinajstić information content (AvgIpc) is 2.58. The van der Waals surface area contributed by atoms with E-state index in [1.54, 1.807) is 0 Å². The van der Waals surface area contributed by atoms with Crippen LogP contribution < -0.4 is 10.9 Å². The van der Waals surface area contributed by atoms with Crippen LogP contribution in [0.25, 0.3) is 0 Å². The lowest BCUT2D eigenvalue weighted by Crippen LogP contribution is -2.43. The third-order valence-electron chi connectivity index (χ3n) is 5.14. The lowest BCUT2D eigenvalue weighted by molar-refractivity contribution is 0.0352. The first kappa shape index (κ1) is 24.5. The number of unbranched alkanes of at least 4 members (excludes halogenated alkanes) is 7. The van der Waals surface area contributed by atoms with Crippen molar-refractivity contribution in [3.63, 3.8) is 0 Å². The zero-order valence-electron chi connectivity index (χ0n) is 17.0. The molecular weight excluding hydrogens is 374 g/mol. The molecule has 0 aliphatic carbocycles. The summed E-state index contributed by atoms with van der Waals surface area (Å²) in [5.41, 5.74) is 0.0970. The summed E-state index contributed by atoms with van der Waals surface area (Å²) in [6.45, 7) is 9.14. The Kier molecular flexibility index (Phi) is 12.5. The minimum Gasteiger partial charge on any atom is -0.476 e. The normalized spacial score (nSPS) is 13.8. The highest BCUT2D eigenvalue weighted by atomic mass is 79.9. The maximum Gasteiger partial charge on any atom is 0.168 e. The number of rotatable bonds is 13. The molecule has 3 N–H and O–H groups in total. The van der Waals surface area contributed by atoms with E-state index in [4.69, 9.17) is 4.74 Å². The Labute approximate surface area is 164 Å². The zero-order chi connectivity index (χ0) is 17.9. The van der Waals surface area contributed by atoms with Crippen LogP contribution >= 0.6 is 15.9 Å². The molecule has 0 bridgehead atoms. The molecule has 1 rings (SSSR count). The summed E-state index contributed by atoms with van der Waals surface area (Å²) in [4.78, 5) is 0. The smallest absolute Gasteiger partial charge is 0.168 e. The Hall–Kier alpha value is -0.540. The van der Waals surface area contributed by atoms with E-state index in [2.05, 4.69) is 43.6 Å². The van der Waals surface area contributed by atoms with Gasteiger partial charge in [0, 0.05) is 5.41 Å². The van der Waals surface area contributed by atoms with E-state index < -0.39 is 0 Å². The maximum atomic E-state index is 6.36. The molecule has 25 heavy (non-hydrogen) atoms. The van der Waals surface area contributed by atoms with E-state index in [0.717, 1.165) is 12.2 Å². The van der Waals surface area contributed by atoms with Crippen molar-refractivity contribution in [3.05, 3.63) is 30.3 Å². The molecule has 0 heterocycles. The highest BCUT2D eigenvalue weighted by Crippen LogP contribution is 2.46. The summed E-state index contributed by atoms with van der Waals surface area (Å²) in [5.74, 6) is 0.945. The monoisotopic (exact) mass is 413 g/mol. The Morgan fingerprint density at radius 2 is 1.36 bits per heavy atom. The first-order valence-electron chi connectivity index (χ1n) is 9.88. The van der Waals surface area contributed by atoms with Crippen molar-refractivity contribution in [2.75, 3.05) is 0 Å². The fraction of sp³-hybridized carbons (Fsp3) is 0.727. The molecule has 0 amide bonds. The van der Waals surface area contributed by atoms with Gasteiger partial charge in [-0.2, -0.15) is 0 Å². The average molecular weight is 414 g/mol. The molecule has 1 unspecified atom stereocenters. The van der Waals surface area contributed by atoms with Gasteiger partial charge in [-0.25, -0.2) is 0 Å². The van der Waals surface area contributed by atoms with Gasteiger partial charge in [-0.05, 0) is 40.9 Å². The second-order valence-corrected chi connectivity index (χ2v) is 8.89. The second kappa shape index (κ2) is 12.8. The summed E-state index contributed by atoms with van der Waals surface area (Å²) in [7, 11) is 0. The predicted octanol–water partition coefficient (Wildman–Crippen LogP) is 8.29. The standard InChI is InChI=1S/C22H37BrO.H3N/c1-5-7-8-9-10-11-12-16-19-21(3,4)22(23,6-2)24-20-17-14-13-15-18-20;/h13-15,17-18H,5-12,16,19H2,1-4H3;1H3. The zero-order valence-corrected chi connectivity index (χ0v) is 18.5. The summed E-state index contributed by atoms with van der Waals surface area (Å²) in [6.07, 6.45) is 13.1. The van der Waals surface area contributed by atoms with Crippen LogP contribution in [0, 0.1) is 5.41 Å². The molecule has 0 aliphatic heterocycles. The van der Waals surface area contributed by atoms with Crippen molar-refractivity contribution < 1.29 is 4.74 Å². The van der Waals surface area contributed by atoms with Crippen LogP contribution in [0.15, 0.2) is 30.3 Å². The predicted molar refractivity (Wildman–Crippen MR) is 115 cm³/mol. The molecule has 1 aromatic rings. The summed E-state index contributed by atoms with van der Waals surface area (Å²) >= 11 is 3.93. The van der Waals surface area contributed by atoms with Crippen molar-refractivity contribution in [1.82, 2.24) is 6.15 Å². The van der Waals surface area contributed by atoms with E-state index in [1.807, 2.05) is 30.3 Å². The lowest BCUT2D eigenvalue weighted by Gasteiger charge is -2.42. The van der Waals surface area contributed by atoms with Gasteiger partial charge in [0.2, 0.25) is 0 Å². The van der Waals surface area contributed by atoms with Crippen LogP contribution in [-0.2, 0) is 0 Å². The van der Waals surface area contributed by atoms with E-state index in [-0.39, 0.29) is 16.1 Å². The summed E-state index contributed by atoms with van der Waals surface area (Å²) in [6, 6.07) is 10.2. The SMILES string of the molecule is CCCCCCCCCCC(C)(C)C(Br)(CC)Oc1ccccc1.N. The topological polar surface area (TPSA) is 44.2 Å². The molecule has 3 heteroatoms. The van der Waals surface area contributed by atoms with Gasteiger partial charge in [-0.1, -0.05) is 97.3 Å². The first-order chi connectivity index (χ1) is 11.4. The van der Waals surface area contributed by atoms with Gasteiger partial charge in [0.1, 0.15) is 5.75 Å². The van der Waals surface area contributed by atoms with Crippen LogP contribution in [-0.4, -0.2) is 4.51 Å². The fourth-order valence-electron chi connectivity index (χ4n) is 3.25. The Morgan fingerprint density at radius 3 is 1.88 bits per heavy atom. The molecule has 1 aromatic carbocycles. The van der Waals surface area contributed by atoms with E-state index in [1.165, 1.54) is 57.8 Å². The van der Waals surface area contributed by atoms with Crippen LogP contribution in [0.3, 0.4) is 0 Å². The molecule has 0 saturated heterocycles. The van der Waals surface area contributed by atoms with Gasteiger partial charge >= 0.3 is 0 Å². The van der Waals surface area contributed by atoms with Crippen LogP contribution in [0.4, 0.5) is 0 Å². The van der Waals surface area contributed by atoms with Gasteiger partial charge in [0.15, 0.2) is 4.51 Å². The number of hydrogen-bond acceptors (Lipinski definition) is 2. The number of halogens is 1. The third-order valence-corrected chi connectivity index (χ3v) is 6.94. The highest BCUT2D eigenvalue weighted by molar-refractivity contribution is 9.10. The minimum atomic E-state index is -0.303. The third kappa shape index (κ3) is 8.59. The molecule has 0 aliphatic rings. The van der Waals surface area contributed by atoms with Crippen molar-refractivity contribution in [3.8, 4) is 5.75 Å². The lowest BCUT2D eigenvalue weighted by atomic mass is 9.79. The molecule has 1 atom stereocenters. The molecule has 2 nitrogen and oxygen atoms in total. The number of benzene rings is 1. The van der Waals surface area contributed by atoms with Crippen LogP contribution in [0.1, 0.15) is 91.9 Å². The van der Waals surface area contributed by atoms with Crippen molar-refractivity contribution in [2.45, 2.75) is 96.4 Å². The van der Waals surface area contributed by atoms with E-state index in [0.29, 0.717) is 0 Å². The summed E-state index contributed by atoms with van der Waals surface area (Å²) < 4.78 is 6.05. The molecule has 0 saturated carbocycles. The molecule has 0 spiro atoms. The van der Waals surface area contributed by atoms with Gasteiger partial charge in [-0.3, -0.25) is 0 Å². The second-order valence-electron chi connectivity index (χ2n) is 7.61. The molecular formula is C22H40BrNO. The molecule has 0 fully saturated rings. The maximum absolute atomic E-state index is 6.36. The largest absolute Gasteiger partial charge is 0.476 e. The Morgan fingerprint density at radius 1 is 0.840 bits per heavy atom.